The second kappa shape index (κ2) is 3.20. The molecule has 50 valence electrons. The molecule has 0 bridgehead atoms. The average molecular weight is 138 g/mol. The van der Waals surface area contributed by atoms with E-state index in [4.69, 9.17) is 5.73 Å². The van der Waals surface area contributed by atoms with E-state index >= 15 is 0 Å². The van der Waals surface area contributed by atoms with Crippen molar-refractivity contribution in [2.24, 2.45) is 5.73 Å². The maximum Gasteiger partial charge on any atom is 0.135 e. The lowest BCUT2D eigenvalue weighted by Crippen LogP contribution is -2.13. The molecule has 4 nitrogen and oxygen atoms in total. The van der Waals surface area contributed by atoms with E-state index in [1.54, 1.807) is 0 Å². The smallest absolute Gasteiger partial charge is 0.135 e. The quantitative estimate of drug-likeness (QED) is 0.515. The van der Waals surface area contributed by atoms with E-state index in [9.17, 15) is 9.46 Å². The van der Waals surface area contributed by atoms with Gasteiger partial charge >= 0.3 is 0 Å². The first kappa shape index (κ1) is 8.11. The summed E-state index contributed by atoms with van der Waals surface area (Å²) in [5.41, 5.74) is 4.94. The standard InChI is InChI=1S/C3H10NO3P/c1-7-8(5,6)3-2-4/h2-4H2,1H3,(H,5,6)/p-1. The van der Waals surface area contributed by atoms with Crippen LogP contribution in [0.1, 0.15) is 0 Å². The Labute approximate surface area is 48.2 Å². The molecule has 0 aromatic rings. The van der Waals surface area contributed by atoms with Crippen molar-refractivity contribution in [3.63, 3.8) is 0 Å². The summed E-state index contributed by atoms with van der Waals surface area (Å²) in [6, 6.07) is 0. The van der Waals surface area contributed by atoms with Gasteiger partial charge in [0.15, 0.2) is 0 Å². The number of hydrogen-bond donors (Lipinski definition) is 1. The fourth-order valence-corrected chi connectivity index (χ4v) is 0.748. The second-order valence-electron chi connectivity index (χ2n) is 1.31. The number of hydrogen-bond acceptors (Lipinski definition) is 4. The van der Waals surface area contributed by atoms with Gasteiger partial charge in [0.05, 0.1) is 0 Å². The normalized spacial score (nSPS) is 17.9. The van der Waals surface area contributed by atoms with Crippen LogP contribution in [0.15, 0.2) is 0 Å². The zero-order valence-electron chi connectivity index (χ0n) is 4.66. The van der Waals surface area contributed by atoms with E-state index in [2.05, 4.69) is 4.52 Å². The molecule has 0 amide bonds. The van der Waals surface area contributed by atoms with Crippen LogP contribution in [0.3, 0.4) is 0 Å². The molecule has 8 heavy (non-hydrogen) atoms. The van der Waals surface area contributed by atoms with E-state index in [1.165, 1.54) is 0 Å². The van der Waals surface area contributed by atoms with Crippen molar-refractivity contribution in [3.05, 3.63) is 0 Å². The second-order valence-corrected chi connectivity index (χ2v) is 3.34. The fourth-order valence-electron chi connectivity index (χ4n) is 0.249. The third-order valence-corrected chi connectivity index (χ3v) is 2.04. The van der Waals surface area contributed by atoms with E-state index in [0.717, 1.165) is 7.11 Å². The number of nitrogens with two attached hydrogens (primary N) is 1. The van der Waals surface area contributed by atoms with Gasteiger partial charge in [0.1, 0.15) is 7.60 Å². The minimum absolute atomic E-state index is 0.0799. The maximum atomic E-state index is 10.3. The van der Waals surface area contributed by atoms with Gasteiger partial charge in [-0.15, -0.1) is 0 Å². The summed E-state index contributed by atoms with van der Waals surface area (Å²) in [6.07, 6.45) is -0.0799. The van der Waals surface area contributed by atoms with Gasteiger partial charge in [0.2, 0.25) is 0 Å². The molecule has 0 aliphatic heterocycles. The predicted molar refractivity (Wildman–Crippen MR) is 28.5 cm³/mol. The first-order valence-electron chi connectivity index (χ1n) is 2.18. The van der Waals surface area contributed by atoms with Crippen LogP contribution in [0.2, 0.25) is 0 Å². The summed E-state index contributed by atoms with van der Waals surface area (Å²) in [4.78, 5) is 10.3. The molecule has 0 aromatic carbocycles. The van der Waals surface area contributed by atoms with Crippen molar-refractivity contribution in [2.75, 3.05) is 19.8 Å². The molecule has 0 saturated heterocycles. The number of rotatable bonds is 3. The summed E-state index contributed by atoms with van der Waals surface area (Å²) in [5, 5.41) is 0. The molecule has 1 unspecified atom stereocenters. The van der Waals surface area contributed by atoms with Crippen LogP contribution in [0.5, 0.6) is 0 Å². The summed E-state index contributed by atoms with van der Waals surface area (Å²) in [6.45, 7) is 0.120. The van der Waals surface area contributed by atoms with E-state index in [0.29, 0.717) is 0 Å². The predicted octanol–water partition coefficient (Wildman–Crippen LogP) is -0.855. The zero-order valence-corrected chi connectivity index (χ0v) is 5.56. The van der Waals surface area contributed by atoms with Crippen LogP contribution in [0.4, 0.5) is 0 Å². The van der Waals surface area contributed by atoms with E-state index < -0.39 is 7.60 Å². The molecule has 0 rings (SSSR count). The van der Waals surface area contributed by atoms with Gasteiger partial charge in [-0.25, -0.2) is 0 Å². The van der Waals surface area contributed by atoms with Crippen molar-refractivity contribution in [3.8, 4) is 0 Å². The highest BCUT2D eigenvalue weighted by Crippen LogP contribution is 2.33. The molecule has 0 aromatic heterocycles. The van der Waals surface area contributed by atoms with Gasteiger partial charge in [0, 0.05) is 19.8 Å². The topological polar surface area (TPSA) is 75.4 Å². The van der Waals surface area contributed by atoms with Gasteiger partial charge in [-0.05, 0) is 0 Å². The highest BCUT2D eigenvalue weighted by Gasteiger charge is 2.01. The monoisotopic (exact) mass is 138 g/mol. The molecule has 0 spiro atoms. The molecular formula is C3H9NO3P-. The van der Waals surface area contributed by atoms with Crippen LogP contribution in [0.25, 0.3) is 0 Å². The fraction of sp³-hybridized carbons (Fsp3) is 1.00. The summed E-state index contributed by atoms with van der Waals surface area (Å²) < 4.78 is 14.4. The van der Waals surface area contributed by atoms with Crippen molar-refractivity contribution >= 4 is 7.60 Å². The van der Waals surface area contributed by atoms with Crippen LogP contribution in [-0.4, -0.2) is 19.8 Å². The third kappa shape index (κ3) is 3.16. The summed E-state index contributed by atoms with van der Waals surface area (Å²) in [7, 11) is -2.42. The Bertz CT molecular complexity index is 105. The van der Waals surface area contributed by atoms with Crippen LogP contribution in [0, 0.1) is 0 Å². The van der Waals surface area contributed by atoms with Gasteiger partial charge in [-0.1, -0.05) is 0 Å². The molecular weight excluding hydrogens is 129 g/mol. The molecule has 5 heteroatoms. The molecule has 0 aliphatic rings. The molecule has 2 N–H and O–H groups in total. The first-order chi connectivity index (χ1) is 3.62. The Balaban J connectivity index is 3.55. The van der Waals surface area contributed by atoms with Crippen molar-refractivity contribution in [1.82, 2.24) is 0 Å². The van der Waals surface area contributed by atoms with Gasteiger partial charge in [-0.3, -0.25) is 0 Å². The lowest BCUT2D eigenvalue weighted by molar-refractivity contribution is -0.195. The lowest BCUT2D eigenvalue weighted by Gasteiger charge is -2.18. The Morgan fingerprint density at radius 3 is 2.50 bits per heavy atom. The Kier molecular flexibility index (Phi) is 3.24. The van der Waals surface area contributed by atoms with Crippen molar-refractivity contribution in [1.29, 1.82) is 0 Å². The largest absolute Gasteiger partial charge is 0.778 e. The Hall–Kier alpha value is 0.110. The summed E-state index contributed by atoms with van der Waals surface area (Å²) in [5.74, 6) is 0. The van der Waals surface area contributed by atoms with Gasteiger partial charge in [0.25, 0.3) is 0 Å². The SMILES string of the molecule is COP(=O)([O-])CCN. The van der Waals surface area contributed by atoms with Crippen LogP contribution >= 0.6 is 7.60 Å². The zero-order chi connectivity index (χ0) is 6.62. The average Bonchev–Trinajstić information content (AvgIpc) is 1.67. The van der Waals surface area contributed by atoms with E-state index in [1.807, 2.05) is 0 Å². The van der Waals surface area contributed by atoms with Crippen molar-refractivity contribution < 1.29 is 14.0 Å². The molecule has 1 atom stereocenters. The van der Waals surface area contributed by atoms with Crippen LogP contribution in [-0.2, 0) is 9.09 Å². The third-order valence-electron chi connectivity index (χ3n) is 0.681. The highest BCUT2D eigenvalue weighted by atomic mass is 31.2. The molecule has 0 radical (unpaired) electrons. The highest BCUT2D eigenvalue weighted by molar-refractivity contribution is 7.51. The Morgan fingerprint density at radius 1 is 1.88 bits per heavy atom. The lowest BCUT2D eigenvalue weighted by atomic mass is 10.8. The first-order valence-corrected chi connectivity index (χ1v) is 3.91. The van der Waals surface area contributed by atoms with Crippen LogP contribution < -0.4 is 10.6 Å². The molecule has 0 saturated carbocycles. The van der Waals surface area contributed by atoms with Gasteiger partial charge in [-0.2, -0.15) is 0 Å². The minimum atomic E-state index is -3.55. The summed E-state index contributed by atoms with van der Waals surface area (Å²) >= 11 is 0. The van der Waals surface area contributed by atoms with Crippen molar-refractivity contribution in [2.45, 2.75) is 0 Å². The molecule has 0 heterocycles. The van der Waals surface area contributed by atoms with Gasteiger partial charge < -0.3 is 19.7 Å². The molecule has 0 fully saturated rings. The molecule has 0 aliphatic carbocycles. The van der Waals surface area contributed by atoms with E-state index in [-0.39, 0.29) is 12.7 Å². The maximum absolute atomic E-state index is 10.3. The minimum Gasteiger partial charge on any atom is -0.778 e. The Morgan fingerprint density at radius 2 is 2.38 bits per heavy atom.